The monoisotopic (exact) mass is 336 g/mol. The van der Waals surface area contributed by atoms with Crippen LogP contribution in [-0.2, 0) is 15.8 Å². The standard InChI is InChI=1S/C20H36O2Si/c1-6-20(22-23(7-2,8-3)9-4)15-18(5)16-21-17-19-13-11-10-12-14-19/h10-14,18,20H,6-9,15-17H2,1-5H3/t18-,20+/m0/s1. The van der Waals surface area contributed by atoms with Crippen molar-refractivity contribution in [2.45, 2.75) is 78.3 Å². The predicted octanol–water partition coefficient (Wildman–Crippen LogP) is 6.03. The lowest BCUT2D eigenvalue weighted by Crippen LogP contribution is -2.40. The van der Waals surface area contributed by atoms with Gasteiger partial charge in [0.2, 0.25) is 0 Å². The van der Waals surface area contributed by atoms with Crippen molar-refractivity contribution in [1.82, 2.24) is 0 Å². The molecule has 0 heterocycles. The van der Waals surface area contributed by atoms with Crippen LogP contribution < -0.4 is 0 Å². The van der Waals surface area contributed by atoms with Gasteiger partial charge in [-0.05, 0) is 42.5 Å². The molecule has 1 rings (SSSR count). The van der Waals surface area contributed by atoms with E-state index in [1.54, 1.807) is 0 Å². The maximum atomic E-state index is 6.65. The van der Waals surface area contributed by atoms with Crippen LogP contribution in [0.1, 0.15) is 53.0 Å². The van der Waals surface area contributed by atoms with Gasteiger partial charge >= 0.3 is 0 Å². The lowest BCUT2D eigenvalue weighted by molar-refractivity contribution is 0.0676. The molecule has 1 aromatic carbocycles. The van der Waals surface area contributed by atoms with E-state index in [-0.39, 0.29) is 0 Å². The van der Waals surface area contributed by atoms with E-state index < -0.39 is 8.32 Å². The Morgan fingerprint density at radius 2 is 1.57 bits per heavy atom. The molecule has 0 aromatic heterocycles. The molecule has 3 heteroatoms. The van der Waals surface area contributed by atoms with Gasteiger partial charge in [0, 0.05) is 12.7 Å². The Labute approximate surface area is 144 Å². The van der Waals surface area contributed by atoms with Gasteiger partial charge in [-0.25, -0.2) is 0 Å². The normalized spacial score (nSPS) is 14.7. The number of hydrogen-bond donors (Lipinski definition) is 0. The quantitative estimate of drug-likeness (QED) is 0.434. The van der Waals surface area contributed by atoms with Gasteiger partial charge in [0.25, 0.3) is 0 Å². The van der Waals surface area contributed by atoms with Crippen LogP contribution >= 0.6 is 0 Å². The second-order valence-corrected chi connectivity index (χ2v) is 11.5. The largest absolute Gasteiger partial charge is 0.414 e. The van der Waals surface area contributed by atoms with E-state index in [9.17, 15) is 0 Å². The summed E-state index contributed by atoms with van der Waals surface area (Å²) >= 11 is 0. The average Bonchev–Trinajstić information content (AvgIpc) is 2.60. The topological polar surface area (TPSA) is 18.5 Å². The molecule has 2 nitrogen and oxygen atoms in total. The van der Waals surface area contributed by atoms with Gasteiger partial charge in [0.15, 0.2) is 8.32 Å². The summed E-state index contributed by atoms with van der Waals surface area (Å²) in [6, 6.07) is 14.1. The molecule has 0 aliphatic rings. The van der Waals surface area contributed by atoms with Crippen molar-refractivity contribution in [3.8, 4) is 0 Å². The summed E-state index contributed by atoms with van der Waals surface area (Å²) in [5, 5.41) is 0. The highest BCUT2D eigenvalue weighted by atomic mass is 28.4. The first kappa shape index (κ1) is 20.4. The third kappa shape index (κ3) is 7.19. The van der Waals surface area contributed by atoms with E-state index in [2.05, 4.69) is 58.9 Å². The van der Waals surface area contributed by atoms with Gasteiger partial charge in [0.1, 0.15) is 0 Å². The molecular weight excluding hydrogens is 300 g/mol. The van der Waals surface area contributed by atoms with Crippen LogP contribution in [0.5, 0.6) is 0 Å². The van der Waals surface area contributed by atoms with Gasteiger partial charge in [-0.2, -0.15) is 0 Å². The summed E-state index contributed by atoms with van der Waals surface area (Å²) in [6.07, 6.45) is 2.62. The van der Waals surface area contributed by atoms with E-state index in [1.807, 2.05) is 6.07 Å². The Kier molecular flexibility index (Phi) is 9.76. The van der Waals surface area contributed by atoms with Crippen LogP contribution in [-0.4, -0.2) is 21.0 Å². The Morgan fingerprint density at radius 3 is 2.09 bits per heavy atom. The van der Waals surface area contributed by atoms with E-state index in [1.165, 1.54) is 23.7 Å². The smallest absolute Gasteiger partial charge is 0.192 e. The molecular formula is C20H36O2Si. The van der Waals surface area contributed by atoms with Crippen LogP contribution in [0.25, 0.3) is 0 Å². The number of ether oxygens (including phenoxy) is 1. The lowest BCUT2D eigenvalue weighted by Gasteiger charge is -2.34. The SMILES string of the molecule is CC[C@H](C[C@H](C)COCc1ccccc1)O[Si](CC)(CC)CC. The molecule has 0 unspecified atom stereocenters. The first-order valence-electron chi connectivity index (χ1n) is 9.38. The predicted molar refractivity (Wildman–Crippen MR) is 102 cm³/mol. The van der Waals surface area contributed by atoms with E-state index >= 15 is 0 Å². The third-order valence-electron chi connectivity index (χ3n) is 4.98. The fourth-order valence-corrected chi connectivity index (χ4v) is 6.09. The molecule has 1 aromatic rings. The Morgan fingerprint density at radius 1 is 0.957 bits per heavy atom. The summed E-state index contributed by atoms with van der Waals surface area (Å²) < 4.78 is 12.5. The molecule has 0 spiro atoms. The number of rotatable bonds is 12. The Hall–Kier alpha value is -0.643. The van der Waals surface area contributed by atoms with E-state index in [4.69, 9.17) is 9.16 Å². The molecule has 0 amide bonds. The minimum absolute atomic E-state index is 0.400. The highest BCUT2D eigenvalue weighted by Gasteiger charge is 2.31. The molecule has 0 bridgehead atoms. The molecule has 23 heavy (non-hydrogen) atoms. The second kappa shape index (κ2) is 11.0. The molecule has 0 aliphatic heterocycles. The zero-order valence-electron chi connectivity index (χ0n) is 15.8. The van der Waals surface area contributed by atoms with Crippen molar-refractivity contribution in [2.24, 2.45) is 5.92 Å². The molecule has 0 saturated carbocycles. The van der Waals surface area contributed by atoms with Crippen LogP contribution in [0.4, 0.5) is 0 Å². The highest BCUT2D eigenvalue weighted by molar-refractivity contribution is 6.73. The first-order valence-corrected chi connectivity index (χ1v) is 11.9. The fourth-order valence-electron chi connectivity index (χ4n) is 3.12. The highest BCUT2D eigenvalue weighted by Crippen LogP contribution is 2.26. The zero-order valence-corrected chi connectivity index (χ0v) is 16.8. The minimum atomic E-state index is -1.49. The molecule has 132 valence electrons. The molecule has 0 radical (unpaired) electrons. The molecule has 0 N–H and O–H groups in total. The second-order valence-electron chi connectivity index (χ2n) is 6.73. The minimum Gasteiger partial charge on any atom is -0.414 e. The van der Waals surface area contributed by atoms with Crippen LogP contribution in [0.3, 0.4) is 0 Å². The van der Waals surface area contributed by atoms with Crippen molar-refractivity contribution in [3.05, 3.63) is 35.9 Å². The summed E-state index contributed by atoms with van der Waals surface area (Å²) in [5.41, 5.74) is 1.25. The van der Waals surface area contributed by atoms with Gasteiger partial charge in [-0.3, -0.25) is 0 Å². The van der Waals surface area contributed by atoms with Crippen molar-refractivity contribution in [3.63, 3.8) is 0 Å². The van der Waals surface area contributed by atoms with E-state index in [0.29, 0.717) is 18.6 Å². The summed E-state index contributed by atoms with van der Waals surface area (Å²) in [6.45, 7) is 13.0. The Balaban J connectivity index is 2.39. The summed E-state index contributed by atoms with van der Waals surface area (Å²) in [5.74, 6) is 0.543. The summed E-state index contributed by atoms with van der Waals surface area (Å²) in [7, 11) is -1.49. The third-order valence-corrected chi connectivity index (χ3v) is 9.68. The van der Waals surface area contributed by atoms with Crippen LogP contribution in [0, 0.1) is 5.92 Å². The Bertz CT molecular complexity index is 395. The lowest BCUT2D eigenvalue weighted by atomic mass is 10.0. The molecule has 0 saturated heterocycles. The van der Waals surface area contributed by atoms with Gasteiger partial charge in [0.05, 0.1) is 6.61 Å². The zero-order chi connectivity index (χ0) is 17.1. The van der Waals surface area contributed by atoms with E-state index in [0.717, 1.165) is 19.4 Å². The van der Waals surface area contributed by atoms with Crippen LogP contribution in [0.15, 0.2) is 30.3 Å². The summed E-state index contributed by atoms with van der Waals surface area (Å²) in [4.78, 5) is 0. The van der Waals surface area contributed by atoms with Gasteiger partial charge in [-0.1, -0.05) is 65.0 Å². The maximum absolute atomic E-state index is 6.65. The number of hydrogen-bond acceptors (Lipinski definition) is 2. The average molecular weight is 337 g/mol. The molecule has 0 fully saturated rings. The maximum Gasteiger partial charge on any atom is 0.192 e. The molecule has 2 atom stereocenters. The van der Waals surface area contributed by atoms with Gasteiger partial charge in [-0.15, -0.1) is 0 Å². The first-order chi connectivity index (χ1) is 11.1. The van der Waals surface area contributed by atoms with Gasteiger partial charge < -0.3 is 9.16 Å². The number of benzene rings is 1. The fraction of sp³-hybridized carbons (Fsp3) is 0.700. The van der Waals surface area contributed by atoms with Crippen molar-refractivity contribution in [1.29, 1.82) is 0 Å². The van der Waals surface area contributed by atoms with Crippen LogP contribution in [0.2, 0.25) is 18.1 Å². The molecule has 0 aliphatic carbocycles. The van der Waals surface area contributed by atoms with Crippen molar-refractivity contribution in [2.75, 3.05) is 6.61 Å². The van der Waals surface area contributed by atoms with Crippen molar-refractivity contribution < 1.29 is 9.16 Å². The van der Waals surface area contributed by atoms with Crippen molar-refractivity contribution >= 4 is 8.32 Å².